The van der Waals surface area contributed by atoms with Gasteiger partial charge in [0, 0.05) is 52.9 Å². The second kappa shape index (κ2) is 6.56. The Morgan fingerprint density at radius 1 is 0.733 bits per heavy atom. The molecular formula is C22H14N8. The zero-order valence-electron chi connectivity index (χ0n) is 15.6. The summed E-state index contributed by atoms with van der Waals surface area (Å²) >= 11 is 0. The molecule has 0 atom stereocenters. The van der Waals surface area contributed by atoms with Crippen molar-refractivity contribution in [3.8, 4) is 33.9 Å². The molecule has 8 nitrogen and oxygen atoms in total. The SMILES string of the molecule is c1ccc(-c2ccnc3[nH]c(-c4[nH]nc5ncc(-c6cnccn6)cc45)cc23)nc1. The van der Waals surface area contributed by atoms with E-state index in [-0.39, 0.29) is 0 Å². The average molecular weight is 390 g/mol. The van der Waals surface area contributed by atoms with Gasteiger partial charge in [-0.1, -0.05) is 6.07 Å². The van der Waals surface area contributed by atoms with Gasteiger partial charge in [0.25, 0.3) is 0 Å². The molecule has 0 unspecified atom stereocenters. The maximum absolute atomic E-state index is 4.49. The van der Waals surface area contributed by atoms with Crippen molar-refractivity contribution in [1.29, 1.82) is 0 Å². The van der Waals surface area contributed by atoms with E-state index in [4.69, 9.17) is 0 Å². The van der Waals surface area contributed by atoms with E-state index in [2.05, 4.69) is 46.2 Å². The number of rotatable bonds is 3. The molecular weight excluding hydrogens is 376 g/mol. The summed E-state index contributed by atoms with van der Waals surface area (Å²) < 4.78 is 0. The van der Waals surface area contributed by atoms with E-state index >= 15 is 0 Å². The van der Waals surface area contributed by atoms with Crippen molar-refractivity contribution in [1.82, 2.24) is 40.1 Å². The summed E-state index contributed by atoms with van der Waals surface area (Å²) in [5.74, 6) is 0. The smallest absolute Gasteiger partial charge is 0.181 e. The molecule has 0 saturated heterocycles. The lowest BCUT2D eigenvalue weighted by molar-refractivity contribution is 1.10. The number of nitrogens with zero attached hydrogens (tertiary/aromatic N) is 6. The van der Waals surface area contributed by atoms with Gasteiger partial charge in [-0.15, -0.1) is 0 Å². The Hall–Kier alpha value is -4.46. The molecule has 0 aliphatic rings. The van der Waals surface area contributed by atoms with E-state index in [1.54, 1.807) is 37.2 Å². The Morgan fingerprint density at radius 3 is 2.57 bits per heavy atom. The quantitative estimate of drug-likeness (QED) is 0.472. The first kappa shape index (κ1) is 16.5. The van der Waals surface area contributed by atoms with Gasteiger partial charge in [0.1, 0.15) is 5.65 Å². The number of H-pyrrole nitrogens is 2. The molecule has 6 aromatic rings. The number of nitrogens with one attached hydrogen (secondary N) is 2. The van der Waals surface area contributed by atoms with E-state index in [1.807, 2.05) is 30.3 Å². The lowest BCUT2D eigenvalue weighted by atomic mass is 10.1. The Bertz CT molecular complexity index is 1490. The lowest BCUT2D eigenvalue weighted by Gasteiger charge is -2.01. The molecule has 0 aromatic carbocycles. The fourth-order valence-electron chi connectivity index (χ4n) is 3.60. The molecule has 0 bridgehead atoms. The number of aromatic nitrogens is 8. The van der Waals surface area contributed by atoms with E-state index < -0.39 is 0 Å². The molecule has 8 heteroatoms. The fourth-order valence-corrected chi connectivity index (χ4v) is 3.60. The van der Waals surface area contributed by atoms with Crippen LogP contribution in [0.4, 0.5) is 0 Å². The van der Waals surface area contributed by atoms with Gasteiger partial charge in [-0.05, 0) is 30.3 Å². The molecule has 0 fully saturated rings. The summed E-state index contributed by atoms with van der Waals surface area (Å²) in [4.78, 5) is 25.3. The van der Waals surface area contributed by atoms with E-state index in [9.17, 15) is 0 Å². The van der Waals surface area contributed by atoms with Gasteiger partial charge in [0.2, 0.25) is 0 Å². The van der Waals surface area contributed by atoms with Crippen LogP contribution in [0.2, 0.25) is 0 Å². The van der Waals surface area contributed by atoms with Crippen molar-refractivity contribution >= 4 is 22.1 Å². The molecule has 6 rings (SSSR count). The average Bonchev–Trinajstić information content (AvgIpc) is 3.43. The van der Waals surface area contributed by atoms with Crippen molar-refractivity contribution in [3.63, 3.8) is 0 Å². The molecule has 0 aliphatic carbocycles. The van der Waals surface area contributed by atoms with Gasteiger partial charge in [0.15, 0.2) is 5.65 Å². The first-order valence-electron chi connectivity index (χ1n) is 9.37. The van der Waals surface area contributed by atoms with Crippen LogP contribution in [0.3, 0.4) is 0 Å². The van der Waals surface area contributed by atoms with Gasteiger partial charge >= 0.3 is 0 Å². The van der Waals surface area contributed by atoms with Crippen LogP contribution in [0.1, 0.15) is 0 Å². The van der Waals surface area contributed by atoms with Gasteiger partial charge in [0.05, 0.1) is 29.0 Å². The topological polar surface area (TPSA) is 109 Å². The largest absolute Gasteiger partial charge is 0.338 e. The third-order valence-electron chi connectivity index (χ3n) is 5.01. The molecule has 142 valence electrons. The van der Waals surface area contributed by atoms with Crippen LogP contribution in [0.25, 0.3) is 56.0 Å². The molecule has 0 spiro atoms. The van der Waals surface area contributed by atoms with Gasteiger partial charge in [-0.3, -0.25) is 20.1 Å². The first-order valence-corrected chi connectivity index (χ1v) is 9.37. The maximum Gasteiger partial charge on any atom is 0.181 e. The summed E-state index contributed by atoms with van der Waals surface area (Å²) in [5, 5.41) is 9.35. The molecule has 0 amide bonds. The van der Waals surface area contributed by atoms with Crippen molar-refractivity contribution in [2.75, 3.05) is 0 Å². The zero-order chi connectivity index (χ0) is 19.9. The monoisotopic (exact) mass is 390 g/mol. The third kappa shape index (κ3) is 2.62. The number of pyridine rings is 3. The van der Waals surface area contributed by atoms with Gasteiger partial charge < -0.3 is 4.98 Å². The van der Waals surface area contributed by atoms with Crippen LogP contribution in [0, 0.1) is 0 Å². The van der Waals surface area contributed by atoms with Crippen molar-refractivity contribution in [3.05, 3.63) is 73.6 Å². The Balaban J connectivity index is 1.52. The lowest BCUT2D eigenvalue weighted by Crippen LogP contribution is -1.86. The highest BCUT2D eigenvalue weighted by atomic mass is 15.2. The maximum atomic E-state index is 4.49. The summed E-state index contributed by atoms with van der Waals surface area (Å²) in [7, 11) is 0. The van der Waals surface area contributed by atoms with Gasteiger partial charge in [-0.2, -0.15) is 5.10 Å². The second-order valence-corrected chi connectivity index (χ2v) is 6.80. The molecule has 0 saturated carbocycles. The summed E-state index contributed by atoms with van der Waals surface area (Å²) in [6.45, 7) is 0. The summed E-state index contributed by atoms with van der Waals surface area (Å²) in [6.07, 6.45) is 10.4. The molecule has 0 radical (unpaired) electrons. The minimum atomic E-state index is 0.634. The predicted molar refractivity (Wildman–Crippen MR) is 113 cm³/mol. The van der Waals surface area contributed by atoms with Crippen LogP contribution < -0.4 is 0 Å². The molecule has 6 aromatic heterocycles. The highest BCUT2D eigenvalue weighted by Crippen LogP contribution is 2.33. The predicted octanol–water partition coefficient (Wildman–Crippen LogP) is 4.02. The highest BCUT2D eigenvalue weighted by Gasteiger charge is 2.15. The first-order chi connectivity index (χ1) is 14.9. The summed E-state index contributed by atoms with van der Waals surface area (Å²) in [5.41, 5.74) is 6.69. The highest BCUT2D eigenvalue weighted by molar-refractivity contribution is 5.99. The molecule has 30 heavy (non-hydrogen) atoms. The number of aromatic amines is 2. The van der Waals surface area contributed by atoms with Crippen LogP contribution in [0.5, 0.6) is 0 Å². The minimum absolute atomic E-state index is 0.634. The number of hydrogen-bond acceptors (Lipinski definition) is 6. The van der Waals surface area contributed by atoms with Gasteiger partial charge in [-0.25, -0.2) is 9.97 Å². The Kier molecular flexibility index (Phi) is 3.60. The standard InChI is InChI=1S/C22H14N8/c1-2-5-24-17(3-1)14-4-6-26-21-15(14)10-18(28-21)20-16-9-13(11-27-22(16)30-29-20)19-12-23-7-8-25-19/h1-12H,(H,26,28)(H,27,29,30). The fraction of sp³-hybridized carbons (Fsp3) is 0. The van der Waals surface area contributed by atoms with Crippen LogP contribution in [-0.2, 0) is 0 Å². The Labute approximate surface area is 170 Å². The van der Waals surface area contributed by atoms with E-state index in [1.165, 1.54) is 0 Å². The van der Waals surface area contributed by atoms with Crippen molar-refractivity contribution in [2.24, 2.45) is 0 Å². The van der Waals surface area contributed by atoms with E-state index in [0.29, 0.717) is 5.65 Å². The zero-order valence-corrected chi connectivity index (χ0v) is 15.6. The van der Waals surface area contributed by atoms with Crippen LogP contribution in [0.15, 0.2) is 73.6 Å². The molecule has 0 aliphatic heterocycles. The van der Waals surface area contributed by atoms with Crippen LogP contribution in [-0.4, -0.2) is 40.1 Å². The van der Waals surface area contributed by atoms with Crippen LogP contribution >= 0.6 is 0 Å². The van der Waals surface area contributed by atoms with E-state index in [0.717, 1.165) is 50.3 Å². The number of fused-ring (bicyclic) bond motifs is 2. The molecule has 6 heterocycles. The minimum Gasteiger partial charge on any atom is -0.338 e. The van der Waals surface area contributed by atoms with Crippen molar-refractivity contribution < 1.29 is 0 Å². The second-order valence-electron chi connectivity index (χ2n) is 6.80. The third-order valence-corrected chi connectivity index (χ3v) is 5.01. The Morgan fingerprint density at radius 2 is 1.70 bits per heavy atom. The normalized spacial score (nSPS) is 11.3. The number of hydrogen-bond donors (Lipinski definition) is 2. The molecule has 2 N–H and O–H groups in total. The van der Waals surface area contributed by atoms with Crippen molar-refractivity contribution in [2.45, 2.75) is 0 Å². The summed E-state index contributed by atoms with van der Waals surface area (Å²) in [6, 6.07) is 11.9.